The van der Waals surface area contributed by atoms with Crippen LogP contribution >= 0.6 is 0 Å². The summed E-state index contributed by atoms with van der Waals surface area (Å²) in [6, 6.07) is 1.58. The number of aliphatic hydroxyl groups excluding tert-OH is 1. The Hall–Kier alpha value is -4.00. The molecular formula is C24H30N8O5. The maximum Gasteiger partial charge on any atom is 0.291 e. The third kappa shape index (κ3) is 5.12. The fourth-order valence-corrected chi connectivity index (χ4v) is 4.26. The van der Waals surface area contributed by atoms with Crippen molar-refractivity contribution in [2.45, 2.75) is 58.7 Å². The average Bonchev–Trinajstić information content (AvgIpc) is 3.37. The van der Waals surface area contributed by atoms with E-state index in [4.69, 9.17) is 0 Å². The molecule has 1 aliphatic carbocycles. The molecule has 4 N–H and O–H groups in total. The van der Waals surface area contributed by atoms with Crippen LogP contribution in [0.4, 0.5) is 11.6 Å². The van der Waals surface area contributed by atoms with Crippen LogP contribution in [0.5, 0.6) is 5.88 Å². The number of amides is 2. The Morgan fingerprint density at radius 1 is 1.14 bits per heavy atom. The highest BCUT2D eigenvalue weighted by atomic mass is 16.3. The van der Waals surface area contributed by atoms with Crippen LogP contribution in [0.2, 0.25) is 0 Å². The number of likely N-dealkylation sites (tertiary alicyclic amines) is 1. The summed E-state index contributed by atoms with van der Waals surface area (Å²) in [6.45, 7) is 6.97. The zero-order valence-corrected chi connectivity index (χ0v) is 20.9. The molecule has 1 aliphatic heterocycles. The van der Waals surface area contributed by atoms with Crippen LogP contribution in [0.1, 0.15) is 60.9 Å². The summed E-state index contributed by atoms with van der Waals surface area (Å²) in [5.41, 5.74) is -0.920. The Kier molecular flexibility index (Phi) is 6.10. The summed E-state index contributed by atoms with van der Waals surface area (Å²) in [5, 5.41) is 30.7. The molecule has 2 aliphatic rings. The quantitative estimate of drug-likeness (QED) is 0.376. The van der Waals surface area contributed by atoms with Gasteiger partial charge in [0.05, 0.1) is 18.5 Å². The molecule has 0 spiro atoms. The van der Waals surface area contributed by atoms with Crippen molar-refractivity contribution in [3.8, 4) is 5.88 Å². The van der Waals surface area contributed by atoms with Crippen LogP contribution in [0.25, 0.3) is 5.65 Å². The maximum absolute atomic E-state index is 13.2. The van der Waals surface area contributed by atoms with Gasteiger partial charge in [0.25, 0.3) is 17.4 Å². The molecule has 3 aromatic rings. The molecular weight excluding hydrogens is 480 g/mol. The molecule has 1 saturated carbocycles. The van der Waals surface area contributed by atoms with Gasteiger partial charge in [-0.05, 0) is 24.7 Å². The van der Waals surface area contributed by atoms with E-state index < -0.39 is 23.5 Å². The predicted octanol–water partition coefficient (Wildman–Crippen LogP) is 0.880. The Bertz CT molecular complexity index is 1420. The minimum Gasteiger partial charge on any atom is -0.494 e. The third-order valence-electron chi connectivity index (χ3n) is 6.20. The highest BCUT2D eigenvalue weighted by Crippen LogP contribution is 2.27. The normalized spacial score (nSPS) is 17.8. The van der Waals surface area contributed by atoms with Crippen LogP contribution in [-0.2, 0) is 6.54 Å². The zero-order chi connectivity index (χ0) is 26.5. The Balaban J connectivity index is 1.46. The molecule has 1 atom stereocenters. The second kappa shape index (κ2) is 9.14. The van der Waals surface area contributed by atoms with E-state index in [1.54, 1.807) is 6.07 Å². The minimum absolute atomic E-state index is 0.0110. The second-order valence-electron chi connectivity index (χ2n) is 10.8. The van der Waals surface area contributed by atoms with Crippen molar-refractivity contribution in [2.75, 3.05) is 18.4 Å². The van der Waals surface area contributed by atoms with E-state index >= 15 is 0 Å². The van der Waals surface area contributed by atoms with Crippen LogP contribution in [-0.4, -0.2) is 76.3 Å². The van der Waals surface area contributed by atoms with E-state index in [9.17, 15) is 24.6 Å². The number of hydrogen-bond acceptors (Lipinski definition) is 9. The number of rotatable bonds is 6. The van der Waals surface area contributed by atoms with Crippen molar-refractivity contribution in [1.82, 2.24) is 34.4 Å². The first-order chi connectivity index (χ1) is 17.5. The van der Waals surface area contributed by atoms with Crippen LogP contribution in [0, 0.1) is 5.41 Å². The highest BCUT2D eigenvalue weighted by Gasteiger charge is 2.30. The first-order valence-corrected chi connectivity index (χ1v) is 12.2. The van der Waals surface area contributed by atoms with Crippen molar-refractivity contribution in [3.63, 3.8) is 0 Å². The molecule has 13 nitrogen and oxygen atoms in total. The topological polar surface area (TPSA) is 167 Å². The number of carbonyl (C=O) groups excluding carboxylic acids is 2. The molecule has 37 heavy (non-hydrogen) atoms. The number of β-amino-alcohol motifs (C(OH)–C–C–N with tert-alkyl or cyclic N) is 1. The second-order valence-corrected chi connectivity index (χ2v) is 10.8. The summed E-state index contributed by atoms with van der Waals surface area (Å²) in [5.74, 6) is -0.819. The minimum atomic E-state index is -0.733. The molecule has 2 amide bonds. The lowest BCUT2D eigenvalue weighted by Gasteiger charge is -2.23. The Morgan fingerprint density at radius 3 is 2.49 bits per heavy atom. The Labute approximate surface area is 212 Å². The van der Waals surface area contributed by atoms with E-state index in [0.717, 1.165) is 17.4 Å². The number of nitrogens with zero attached hydrogens (tertiary/aromatic N) is 6. The number of anilines is 2. The largest absolute Gasteiger partial charge is 0.494 e. The van der Waals surface area contributed by atoms with E-state index in [0.29, 0.717) is 25.2 Å². The van der Waals surface area contributed by atoms with Crippen LogP contribution < -0.4 is 16.2 Å². The lowest BCUT2D eigenvalue weighted by Crippen LogP contribution is -2.35. The molecule has 0 bridgehead atoms. The Morgan fingerprint density at radius 2 is 1.89 bits per heavy atom. The molecule has 0 unspecified atom stereocenters. The van der Waals surface area contributed by atoms with Gasteiger partial charge >= 0.3 is 0 Å². The first-order valence-electron chi connectivity index (χ1n) is 12.2. The lowest BCUT2D eigenvalue weighted by molar-refractivity contribution is 0.0758. The van der Waals surface area contributed by atoms with Gasteiger partial charge in [0, 0.05) is 31.7 Å². The van der Waals surface area contributed by atoms with Gasteiger partial charge < -0.3 is 25.7 Å². The number of aromatic nitrogens is 5. The molecule has 1 saturated heterocycles. The van der Waals surface area contributed by atoms with Crippen molar-refractivity contribution >= 4 is 29.1 Å². The standard InChI is InChI=1S/C24H30N8O5/c1-24(2,3)12-31-18-8-16(29-32(18)23(37)19(22(31)36)20(34)27-13-4-5-13)28-17-10-25-15(9-26-17)21(35)30-7-6-14(33)11-30/h8-10,13-14,33,36H,4-7,11-12H2,1-3H3,(H,27,34)(H,26,28,29)/t14-/m0/s1. The fraction of sp³-hybridized carbons (Fsp3) is 0.500. The smallest absolute Gasteiger partial charge is 0.291 e. The van der Waals surface area contributed by atoms with Gasteiger partial charge in [0.1, 0.15) is 17.2 Å². The summed E-state index contributed by atoms with van der Waals surface area (Å²) in [4.78, 5) is 48.5. The van der Waals surface area contributed by atoms with Crippen LogP contribution in [0.15, 0.2) is 23.3 Å². The predicted molar refractivity (Wildman–Crippen MR) is 133 cm³/mol. The van der Waals surface area contributed by atoms with Gasteiger partial charge in [-0.3, -0.25) is 19.0 Å². The molecule has 13 heteroatoms. The van der Waals surface area contributed by atoms with E-state index in [1.807, 2.05) is 20.8 Å². The van der Waals surface area contributed by atoms with Gasteiger partial charge in [-0.25, -0.2) is 9.97 Å². The number of fused-ring (bicyclic) bond motifs is 1. The number of hydrogen-bond donors (Lipinski definition) is 4. The van der Waals surface area contributed by atoms with Gasteiger partial charge in [-0.1, -0.05) is 20.8 Å². The highest BCUT2D eigenvalue weighted by molar-refractivity contribution is 5.96. The fourth-order valence-electron chi connectivity index (χ4n) is 4.26. The number of aromatic hydroxyl groups is 1. The summed E-state index contributed by atoms with van der Waals surface area (Å²) in [6.07, 6.45) is 4.38. The van der Waals surface area contributed by atoms with E-state index in [2.05, 4.69) is 25.7 Å². The molecule has 0 radical (unpaired) electrons. The van der Waals surface area contributed by atoms with Crippen molar-refractivity contribution in [2.24, 2.45) is 5.41 Å². The molecule has 3 aromatic heterocycles. The van der Waals surface area contributed by atoms with Crippen molar-refractivity contribution in [3.05, 3.63) is 40.1 Å². The van der Waals surface area contributed by atoms with E-state index in [1.165, 1.54) is 21.9 Å². The van der Waals surface area contributed by atoms with Crippen molar-refractivity contribution in [1.29, 1.82) is 0 Å². The maximum atomic E-state index is 13.2. The molecule has 0 aromatic carbocycles. The number of nitrogens with one attached hydrogen (secondary N) is 2. The lowest BCUT2D eigenvalue weighted by atomic mass is 9.96. The third-order valence-corrected chi connectivity index (χ3v) is 6.20. The summed E-state index contributed by atoms with van der Waals surface area (Å²) < 4.78 is 2.58. The van der Waals surface area contributed by atoms with Crippen molar-refractivity contribution < 1.29 is 19.8 Å². The summed E-state index contributed by atoms with van der Waals surface area (Å²) in [7, 11) is 0. The first kappa shape index (κ1) is 24.7. The SMILES string of the molecule is CC(C)(C)Cn1c(O)c(C(=O)NC2CC2)c(=O)n2nc(Nc3cnc(C(=O)N4CC[C@H](O)C4)cn3)cc12. The van der Waals surface area contributed by atoms with Crippen LogP contribution in [0.3, 0.4) is 0 Å². The molecule has 4 heterocycles. The molecule has 196 valence electrons. The average molecular weight is 511 g/mol. The zero-order valence-electron chi connectivity index (χ0n) is 20.9. The molecule has 5 rings (SSSR count). The van der Waals surface area contributed by atoms with Gasteiger partial charge in [-0.2, -0.15) is 4.52 Å². The summed E-state index contributed by atoms with van der Waals surface area (Å²) >= 11 is 0. The monoisotopic (exact) mass is 510 g/mol. The van der Waals surface area contributed by atoms with Gasteiger partial charge in [0.15, 0.2) is 11.4 Å². The number of carbonyl (C=O) groups is 2. The van der Waals surface area contributed by atoms with Gasteiger partial charge in [-0.15, -0.1) is 5.10 Å². The van der Waals surface area contributed by atoms with Gasteiger partial charge in [0.2, 0.25) is 5.88 Å². The molecule has 2 fully saturated rings. The number of aliphatic hydroxyl groups is 1. The van der Waals surface area contributed by atoms with E-state index in [-0.39, 0.29) is 46.8 Å².